The minimum atomic E-state index is 0.316. The Labute approximate surface area is 177 Å². The highest BCUT2D eigenvalue weighted by atomic mass is 32.2. The van der Waals surface area contributed by atoms with Gasteiger partial charge in [-0.2, -0.15) is 15.0 Å². The number of aryl methyl sites for hydroxylation is 2. The fraction of sp³-hybridized carbons (Fsp3) is 0.381. The van der Waals surface area contributed by atoms with Gasteiger partial charge >= 0.3 is 0 Å². The molecule has 7 nitrogen and oxygen atoms in total. The van der Waals surface area contributed by atoms with Gasteiger partial charge in [-0.15, -0.1) is 0 Å². The highest BCUT2D eigenvalue weighted by Crippen LogP contribution is 2.15. The summed E-state index contributed by atoms with van der Waals surface area (Å²) in [5, 5.41) is 6.97. The number of nitrogens with one attached hydrogen (secondary N) is 2. The Kier molecular flexibility index (Phi) is 8.79. The van der Waals surface area contributed by atoms with Gasteiger partial charge in [0.25, 0.3) is 0 Å². The van der Waals surface area contributed by atoms with Crippen LogP contribution in [0.25, 0.3) is 11.1 Å². The van der Waals surface area contributed by atoms with Gasteiger partial charge in [0, 0.05) is 36.9 Å². The first-order valence-electron chi connectivity index (χ1n) is 9.62. The van der Waals surface area contributed by atoms with E-state index in [0.29, 0.717) is 17.9 Å². The normalized spacial score (nSPS) is 10.3. The SMILES string of the molecule is CCNc1nc(NC(C)C)nc(SC)n1.C[n+]1ccc(-c2cc[n+](C)cc2)cc1. The molecule has 0 saturated carbocycles. The number of thioether (sulfide) groups is 1. The van der Waals surface area contributed by atoms with Crippen molar-refractivity contribution >= 4 is 23.7 Å². The lowest BCUT2D eigenvalue weighted by atomic mass is 10.1. The molecule has 0 unspecified atom stereocenters. The van der Waals surface area contributed by atoms with Crippen molar-refractivity contribution in [3.8, 4) is 11.1 Å². The summed E-state index contributed by atoms with van der Waals surface area (Å²) < 4.78 is 4.07. The highest BCUT2D eigenvalue weighted by molar-refractivity contribution is 7.98. The van der Waals surface area contributed by atoms with Crippen molar-refractivity contribution in [3.63, 3.8) is 0 Å². The summed E-state index contributed by atoms with van der Waals surface area (Å²) in [4.78, 5) is 12.8. The van der Waals surface area contributed by atoms with Crippen LogP contribution < -0.4 is 19.8 Å². The molecule has 3 rings (SSSR count). The third-order valence-electron chi connectivity index (χ3n) is 3.84. The first-order chi connectivity index (χ1) is 13.9. The van der Waals surface area contributed by atoms with Crippen molar-refractivity contribution < 1.29 is 9.13 Å². The van der Waals surface area contributed by atoms with E-state index in [4.69, 9.17) is 0 Å². The zero-order chi connectivity index (χ0) is 21.2. The standard InChI is InChI=1S/C12H14N2.C9H17N5S/c1-13-7-3-11(4-8-13)12-5-9-14(2)10-6-12;1-5-10-7-12-8(11-6(2)3)14-9(13-7)15-4/h3-10H,1-2H3;6H,5H2,1-4H3,(H2,10,11,12,13,14)/q+2;. The predicted molar refractivity (Wildman–Crippen MR) is 119 cm³/mol. The number of anilines is 2. The smallest absolute Gasteiger partial charge is 0.228 e. The van der Waals surface area contributed by atoms with E-state index < -0.39 is 0 Å². The molecule has 0 radical (unpaired) electrons. The topological polar surface area (TPSA) is 70.5 Å². The maximum absolute atomic E-state index is 4.26. The van der Waals surface area contributed by atoms with Crippen LogP contribution in [0, 0.1) is 0 Å². The number of aromatic nitrogens is 5. The van der Waals surface area contributed by atoms with Crippen LogP contribution in [0.5, 0.6) is 0 Å². The summed E-state index contributed by atoms with van der Waals surface area (Å²) in [6.45, 7) is 6.92. The largest absolute Gasteiger partial charge is 0.354 e. The second-order valence-corrected chi connectivity index (χ2v) is 7.58. The number of hydrogen-bond acceptors (Lipinski definition) is 6. The van der Waals surface area contributed by atoms with Gasteiger partial charge < -0.3 is 10.6 Å². The average Bonchev–Trinajstić information content (AvgIpc) is 2.69. The van der Waals surface area contributed by atoms with E-state index in [-0.39, 0.29) is 0 Å². The Balaban J connectivity index is 0.000000207. The number of hydrogen-bond donors (Lipinski definition) is 2. The van der Waals surface area contributed by atoms with Crippen LogP contribution in [0.4, 0.5) is 11.9 Å². The molecule has 0 saturated heterocycles. The summed E-state index contributed by atoms with van der Waals surface area (Å²) in [5.41, 5.74) is 2.51. The van der Waals surface area contributed by atoms with Crippen LogP contribution in [0.15, 0.2) is 54.2 Å². The van der Waals surface area contributed by atoms with Crippen LogP contribution in [-0.2, 0) is 14.1 Å². The third-order valence-corrected chi connectivity index (χ3v) is 4.39. The molecule has 2 N–H and O–H groups in total. The molecule has 0 aliphatic rings. The van der Waals surface area contributed by atoms with Crippen LogP contribution >= 0.6 is 11.8 Å². The lowest BCUT2D eigenvalue weighted by molar-refractivity contribution is -0.671. The van der Waals surface area contributed by atoms with Crippen molar-refractivity contribution in [2.45, 2.75) is 32.0 Å². The number of nitrogens with zero attached hydrogens (tertiary/aromatic N) is 5. The van der Waals surface area contributed by atoms with E-state index in [2.05, 4.69) is 88.5 Å². The second kappa shape index (κ2) is 11.3. The zero-order valence-electron chi connectivity index (χ0n) is 18.0. The fourth-order valence-electron chi connectivity index (χ4n) is 2.39. The Bertz CT molecular complexity index is 837. The molecule has 0 aliphatic carbocycles. The fourth-order valence-corrected chi connectivity index (χ4v) is 2.75. The molecular weight excluding hydrogens is 382 g/mol. The van der Waals surface area contributed by atoms with Gasteiger partial charge in [0.2, 0.25) is 11.9 Å². The molecule has 0 aromatic carbocycles. The summed E-state index contributed by atoms with van der Waals surface area (Å²) in [6.07, 6.45) is 10.2. The number of pyridine rings is 2. The molecule has 0 bridgehead atoms. The first kappa shape index (κ1) is 22.5. The molecule has 0 fully saturated rings. The van der Waals surface area contributed by atoms with E-state index in [0.717, 1.165) is 11.7 Å². The summed E-state index contributed by atoms with van der Waals surface area (Å²) in [6, 6.07) is 8.80. The second-order valence-electron chi connectivity index (χ2n) is 6.80. The molecule has 3 aromatic rings. The van der Waals surface area contributed by atoms with Crippen molar-refractivity contribution in [3.05, 3.63) is 49.1 Å². The zero-order valence-corrected chi connectivity index (χ0v) is 18.9. The quantitative estimate of drug-likeness (QED) is 0.478. The van der Waals surface area contributed by atoms with E-state index in [1.54, 1.807) is 0 Å². The molecule has 8 heteroatoms. The van der Waals surface area contributed by atoms with Gasteiger partial charge in [0.1, 0.15) is 14.1 Å². The van der Waals surface area contributed by atoms with Crippen molar-refractivity contribution in [2.24, 2.45) is 14.1 Å². The van der Waals surface area contributed by atoms with Gasteiger partial charge in [-0.05, 0) is 38.2 Å². The maximum atomic E-state index is 4.26. The summed E-state index contributed by atoms with van der Waals surface area (Å²) in [5.74, 6) is 1.25. The summed E-state index contributed by atoms with van der Waals surface area (Å²) in [7, 11) is 4.05. The Hall–Kier alpha value is -2.74. The molecule has 29 heavy (non-hydrogen) atoms. The van der Waals surface area contributed by atoms with Gasteiger partial charge in [-0.25, -0.2) is 9.13 Å². The van der Waals surface area contributed by atoms with E-state index in [1.807, 2.05) is 36.4 Å². The van der Waals surface area contributed by atoms with Gasteiger partial charge in [-0.1, -0.05) is 11.8 Å². The Morgan fingerprint density at radius 3 is 1.76 bits per heavy atom. The lowest BCUT2D eigenvalue weighted by Crippen LogP contribution is -2.26. The first-order valence-corrected chi connectivity index (χ1v) is 10.8. The maximum Gasteiger partial charge on any atom is 0.228 e. The summed E-state index contributed by atoms with van der Waals surface area (Å²) >= 11 is 1.51. The predicted octanol–water partition coefficient (Wildman–Crippen LogP) is 2.85. The van der Waals surface area contributed by atoms with Crippen LogP contribution in [0.2, 0.25) is 0 Å². The van der Waals surface area contributed by atoms with E-state index >= 15 is 0 Å². The van der Waals surface area contributed by atoms with Crippen molar-refractivity contribution in [2.75, 3.05) is 23.4 Å². The third kappa shape index (κ3) is 7.65. The molecular formula is C21H31N7S+2. The molecule has 0 aliphatic heterocycles. The number of rotatable bonds is 6. The molecule has 0 spiro atoms. The molecule has 154 valence electrons. The monoisotopic (exact) mass is 413 g/mol. The van der Waals surface area contributed by atoms with Crippen LogP contribution in [-0.4, -0.2) is 33.8 Å². The Morgan fingerprint density at radius 2 is 1.34 bits per heavy atom. The Morgan fingerprint density at radius 1 is 0.862 bits per heavy atom. The lowest BCUT2D eigenvalue weighted by Gasteiger charge is -2.10. The minimum absolute atomic E-state index is 0.316. The highest BCUT2D eigenvalue weighted by Gasteiger charge is 2.05. The van der Waals surface area contributed by atoms with Gasteiger partial charge in [0.15, 0.2) is 29.9 Å². The van der Waals surface area contributed by atoms with Crippen LogP contribution in [0.1, 0.15) is 20.8 Å². The molecule has 0 amide bonds. The van der Waals surface area contributed by atoms with E-state index in [1.165, 1.54) is 22.9 Å². The molecule has 3 aromatic heterocycles. The van der Waals surface area contributed by atoms with Gasteiger partial charge in [-0.3, -0.25) is 0 Å². The van der Waals surface area contributed by atoms with Crippen molar-refractivity contribution in [1.82, 2.24) is 15.0 Å². The van der Waals surface area contributed by atoms with Gasteiger partial charge in [0.05, 0.1) is 0 Å². The van der Waals surface area contributed by atoms with Crippen LogP contribution in [0.3, 0.4) is 0 Å². The average molecular weight is 414 g/mol. The minimum Gasteiger partial charge on any atom is -0.354 e. The van der Waals surface area contributed by atoms with Crippen molar-refractivity contribution in [1.29, 1.82) is 0 Å². The van der Waals surface area contributed by atoms with E-state index in [9.17, 15) is 0 Å². The molecule has 0 atom stereocenters. The molecule has 3 heterocycles.